The topological polar surface area (TPSA) is 9.23 Å². The molecule has 60 valence electrons. The van der Waals surface area contributed by atoms with E-state index in [0.717, 1.165) is 6.61 Å². The van der Waals surface area contributed by atoms with Crippen molar-refractivity contribution >= 4 is 8.07 Å². The average Bonchev–Trinajstić information content (AvgIpc) is 1.88. The molecule has 0 unspecified atom stereocenters. The molecule has 1 nitrogen and oxygen atoms in total. The highest BCUT2D eigenvalue weighted by molar-refractivity contribution is 6.77. The van der Waals surface area contributed by atoms with E-state index in [4.69, 9.17) is 4.74 Å². The Morgan fingerprint density at radius 2 is 1.90 bits per heavy atom. The third kappa shape index (κ3) is 2.10. The molecule has 0 bridgehead atoms. The van der Waals surface area contributed by atoms with Crippen molar-refractivity contribution in [1.82, 2.24) is 0 Å². The first kappa shape index (κ1) is 8.28. The van der Waals surface area contributed by atoms with Crippen LogP contribution in [0.15, 0.2) is 0 Å². The van der Waals surface area contributed by atoms with Crippen molar-refractivity contribution in [3.05, 3.63) is 0 Å². The first-order valence-electron chi connectivity index (χ1n) is 4.22. The minimum atomic E-state index is -0.979. The summed E-state index contributed by atoms with van der Waals surface area (Å²) >= 11 is 0. The van der Waals surface area contributed by atoms with Gasteiger partial charge < -0.3 is 4.74 Å². The predicted octanol–water partition coefficient (Wildman–Crippen LogP) is 2.43. The standard InChI is InChI=1S/C8H18OSi/c1-10(2,3)8-6-4-5-7-9-8/h8H,4-7H2,1-3H3/t8-/m0/s1. The van der Waals surface area contributed by atoms with Crippen molar-refractivity contribution in [3.63, 3.8) is 0 Å². The Bertz CT molecular complexity index is 100. The van der Waals surface area contributed by atoms with Gasteiger partial charge in [-0.25, -0.2) is 0 Å². The van der Waals surface area contributed by atoms with Crippen LogP contribution >= 0.6 is 0 Å². The molecule has 1 rings (SSSR count). The summed E-state index contributed by atoms with van der Waals surface area (Å²) in [5.41, 5.74) is 0.640. The third-order valence-electron chi connectivity index (χ3n) is 2.15. The van der Waals surface area contributed by atoms with Gasteiger partial charge in [-0.3, -0.25) is 0 Å². The summed E-state index contributed by atoms with van der Waals surface area (Å²) in [4.78, 5) is 0. The number of hydrogen-bond donors (Lipinski definition) is 0. The minimum absolute atomic E-state index is 0.640. The highest BCUT2D eigenvalue weighted by atomic mass is 28.3. The van der Waals surface area contributed by atoms with Crippen LogP contribution in [0.1, 0.15) is 19.3 Å². The van der Waals surface area contributed by atoms with Crippen LogP contribution in [-0.4, -0.2) is 20.4 Å². The van der Waals surface area contributed by atoms with E-state index in [1.54, 1.807) is 0 Å². The van der Waals surface area contributed by atoms with Crippen molar-refractivity contribution in [1.29, 1.82) is 0 Å². The Morgan fingerprint density at radius 1 is 1.20 bits per heavy atom. The SMILES string of the molecule is C[Si](C)(C)[C@H]1CCCCO1. The van der Waals surface area contributed by atoms with Gasteiger partial charge in [-0.2, -0.15) is 0 Å². The van der Waals surface area contributed by atoms with Crippen LogP contribution in [0, 0.1) is 0 Å². The number of hydrogen-bond acceptors (Lipinski definition) is 1. The summed E-state index contributed by atoms with van der Waals surface area (Å²) in [5, 5.41) is 0. The van der Waals surface area contributed by atoms with Gasteiger partial charge in [0.15, 0.2) is 0 Å². The smallest absolute Gasteiger partial charge is 0.0785 e. The molecule has 1 atom stereocenters. The second-order valence-electron chi connectivity index (χ2n) is 4.22. The molecule has 0 aromatic rings. The fourth-order valence-corrected chi connectivity index (χ4v) is 3.11. The lowest BCUT2D eigenvalue weighted by Crippen LogP contribution is -2.42. The van der Waals surface area contributed by atoms with Crippen LogP contribution < -0.4 is 0 Å². The summed E-state index contributed by atoms with van der Waals surface area (Å²) in [6, 6.07) is 0. The number of ether oxygens (including phenoxy) is 1. The van der Waals surface area contributed by atoms with E-state index in [1.165, 1.54) is 19.3 Å². The van der Waals surface area contributed by atoms with Crippen LogP contribution in [0.3, 0.4) is 0 Å². The maximum absolute atomic E-state index is 5.70. The maximum Gasteiger partial charge on any atom is 0.0785 e. The Hall–Kier alpha value is 0.177. The Labute approximate surface area is 64.8 Å². The van der Waals surface area contributed by atoms with Crippen LogP contribution in [0.4, 0.5) is 0 Å². The quantitative estimate of drug-likeness (QED) is 0.533. The molecule has 0 N–H and O–H groups in total. The summed E-state index contributed by atoms with van der Waals surface area (Å²) in [6.45, 7) is 8.18. The molecule has 10 heavy (non-hydrogen) atoms. The molecule has 0 aromatic heterocycles. The molecule has 1 saturated heterocycles. The number of rotatable bonds is 1. The van der Waals surface area contributed by atoms with E-state index in [9.17, 15) is 0 Å². The van der Waals surface area contributed by atoms with Crippen LogP contribution in [-0.2, 0) is 4.74 Å². The molecule has 0 aromatic carbocycles. The molecular formula is C8H18OSi. The van der Waals surface area contributed by atoms with Crippen molar-refractivity contribution < 1.29 is 4.74 Å². The normalized spacial score (nSPS) is 28.5. The third-order valence-corrected chi connectivity index (χ3v) is 4.53. The molecule has 0 amide bonds. The van der Waals surface area contributed by atoms with Crippen LogP contribution in [0.25, 0.3) is 0 Å². The van der Waals surface area contributed by atoms with Crippen molar-refractivity contribution in [3.8, 4) is 0 Å². The highest BCUT2D eigenvalue weighted by Gasteiger charge is 2.28. The first-order valence-corrected chi connectivity index (χ1v) is 7.80. The Kier molecular flexibility index (Phi) is 2.53. The lowest BCUT2D eigenvalue weighted by atomic mass is 10.2. The molecule has 0 aliphatic carbocycles. The molecule has 1 aliphatic rings. The van der Waals surface area contributed by atoms with E-state index in [2.05, 4.69) is 19.6 Å². The van der Waals surface area contributed by atoms with Gasteiger partial charge in [0.05, 0.1) is 8.07 Å². The highest BCUT2D eigenvalue weighted by Crippen LogP contribution is 2.21. The van der Waals surface area contributed by atoms with E-state index < -0.39 is 8.07 Å². The molecular weight excluding hydrogens is 140 g/mol. The monoisotopic (exact) mass is 158 g/mol. The predicted molar refractivity (Wildman–Crippen MR) is 46.9 cm³/mol. The van der Waals surface area contributed by atoms with Crippen molar-refractivity contribution in [2.45, 2.75) is 44.6 Å². The van der Waals surface area contributed by atoms with Crippen LogP contribution in [0.5, 0.6) is 0 Å². The van der Waals surface area contributed by atoms with E-state index in [1.807, 2.05) is 0 Å². The fourth-order valence-electron chi connectivity index (χ4n) is 1.42. The van der Waals surface area contributed by atoms with Gasteiger partial charge in [0, 0.05) is 12.3 Å². The first-order chi connectivity index (χ1) is 4.61. The molecule has 1 heterocycles. The van der Waals surface area contributed by atoms with Gasteiger partial charge in [-0.1, -0.05) is 19.6 Å². The molecule has 1 aliphatic heterocycles. The fraction of sp³-hybridized carbons (Fsp3) is 1.00. The Morgan fingerprint density at radius 3 is 2.20 bits per heavy atom. The minimum Gasteiger partial charge on any atom is -0.382 e. The van der Waals surface area contributed by atoms with Gasteiger partial charge in [0.2, 0.25) is 0 Å². The zero-order valence-electron chi connectivity index (χ0n) is 7.31. The van der Waals surface area contributed by atoms with E-state index in [0.29, 0.717) is 5.73 Å². The zero-order valence-corrected chi connectivity index (χ0v) is 8.31. The van der Waals surface area contributed by atoms with Gasteiger partial charge in [-0.05, 0) is 19.3 Å². The van der Waals surface area contributed by atoms with Crippen molar-refractivity contribution in [2.24, 2.45) is 0 Å². The summed E-state index contributed by atoms with van der Waals surface area (Å²) < 4.78 is 5.70. The van der Waals surface area contributed by atoms with Gasteiger partial charge in [-0.15, -0.1) is 0 Å². The van der Waals surface area contributed by atoms with Crippen molar-refractivity contribution in [2.75, 3.05) is 6.61 Å². The molecule has 0 radical (unpaired) electrons. The molecule has 0 spiro atoms. The van der Waals surface area contributed by atoms with Gasteiger partial charge in [0.1, 0.15) is 0 Å². The summed E-state index contributed by atoms with van der Waals surface area (Å²) in [5.74, 6) is 0. The maximum atomic E-state index is 5.70. The Balaban J connectivity index is 2.39. The van der Waals surface area contributed by atoms with Gasteiger partial charge in [0.25, 0.3) is 0 Å². The summed E-state index contributed by atoms with van der Waals surface area (Å²) in [6.07, 6.45) is 3.98. The lowest BCUT2D eigenvalue weighted by molar-refractivity contribution is 0.0604. The zero-order chi connectivity index (χ0) is 7.61. The lowest BCUT2D eigenvalue weighted by Gasteiger charge is -2.32. The second-order valence-corrected chi connectivity index (χ2v) is 9.60. The van der Waals surface area contributed by atoms with E-state index in [-0.39, 0.29) is 0 Å². The second kappa shape index (κ2) is 3.05. The molecule has 0 saturated carbocycles. The van der Waals surface area contributed by atoms with E-state index >= 15 is 0 Å². The van der Waals surface area contributed by atoms with Crippen LogP contribution in [0.2, 0.25) is 19.6 Å². The summed E-state index contributed by atoms with van der Waals surface area (Å²) in [7, 11) is -0.979. The molecule has 1 fully saturated rings. The largest absolute Gasteiger partial charge is 0.382 e. The average molecular weight is 158 g/mol. The van der Waals surface area contributed by atoms with Gasteiger partial charge >= 0.3 is 0 Å². The molecule has 2 heteroatoms.